The van der Waals surface area contributed by atoms with E-state index in [0.29, 0.717) is 38.1 Å². The van der Waals surface area contributed by atoms with Crippen molar-refractivity contribution in [1.29, 1.82) is 0 Å². The second kappa shape index (κ2) is 12.7. The van der Waals surface area contributed by atoms with Crippen LogP contribution in [0, 0.1) is 18.7 Å². The number of aromatic nitrogens is 3. The van der Waals surface area contributed by atoms with Crippen LogP contribution >= 0.6 is 11.8 Å². The van der Waals surface area contributed by atoms with Crippen molar-refractivity contribution in [2.45, 2.75) is 26.3 Å². The Kier molecular flexibility index (Phi) is 9.07. The number of fused-ring (bicyclic) bond motifs is 1. The van der Waals surface area contributed by atoms with Crippen molar-refractivity contribution >= 4 is 44.2 Å². The van der Waals surface area contributed by atoms with Gasteiger partial charge in [-0.25, -0.2) is 27.8 Å². The highest BCUT2D eigenvalue weighted by Gasteiger charge is 2.27. The van der Waals surface area contributed by atoms with Crippen molar-refractivity contribution in [2.75, 3.05) is 41.7 Å². The Morgan fingerprint density at radius 1 is 1.12 bits per heavy atom. The molecule has 222 valence electrons. The molecule has 13 heteroatoms. The van der Waals surface area contributed by atoms with Gasteiger partial charge in [0.05, 0.1) is 23.6 Å². The number of benzene rings is 2. The van der Waals surface area contributed by atoms with Gasteiger partial charge in [-0.15, -0.1) is 0 Å². The minimum absolute atomic E-state index is 0.0925. The molecule has 2 aromatic heterocycles. The topological polar surface area (TPSA) is 119 Å². The molecule has 42 heavy (non-hydrogen) atoms. The maximum absolute atomic E-state index is 15.1. The zero-order valence-electron chi connectivity index (χ0n) is 23.5. The number of ether oxygens (including phenoxy) is 2. The van der Waals surface area contributed by atoms with E-state index in [4.69, 9.17) is 26.2 Å². The van der Waals surface area contributed by atoms with Gasteiger partial charge >= 0.3 is 0 Å². The summed E-state index contributed by atoms with van der Waals surface area (Å²) >= 11 is 6.24. The molecule has 1 aliphatic heterocycles. The highest BCUT2D eigenvalue weighted by atomic mass is 35.5. The Hall–Kier alpha value is -3.58. The molecule has 2 atom stereocenters. The predicted octanol–water partition coefficient (Wildman–Crippen LogP) is 5.28. The first-order valence-electron chi connectivity index (χ1n) is 13.5. The zero-order valence-corrected chi connectivity index (χ0v) is 25.0. The van der Waals surface area contributed by atoms with Crippen molar-refractivity contribution in [3.8, 4) is 22.9 Å². The summed E-state index contributed by atoms with van der Waals surface area (Å²) in [6.07, 6.45) is 4.29. The van der Waals surface area contributed by atoms with Crippen LogP contribution in [0.5, 0.6) is 11.6 Å². The summed E-state index contributed by atoms with van der Waals surface area (Å²) in [6, 6.07) is 11.6. The molecule has 2 aromatic carbocycles. The summed E-state index contributed by atoms with van der Waals surface area (Å²) < 4.78 is 52.4. The summed E-state index contributed by atoms with van der Waals surface area (Å²) in [6.45, 7) is 5.76. The van der Waals surface area contributed by atoms with Gasteiger partial charge < -0.3 is 20.1 Å². The lowest BCUT2D eigenvalue weighted by molar-refractivity contribution is 0.217. The van der Waals surface area contributed by atoms with Crippen LogP contribution in [0.2, 0.25) is 0 Å². The van der Waals surface area contributed by atoms with Crippen LogP contribution in [-0.4, -0.2) is 62.0 Å². The molecule has 3 heterocycles. The summed E-state index contributed by atoms with van der Waals surface area (Å²) in [5.74, 6) is 0.486. The normalized spacial score (nSPS) is 17.3. The molecule has 4 aromatic rings. The molecule has 0 bridgehead atoms. The minimum Gasteiger partial charge on any atom is -0.437 e. The number of nitrogens with zero attached hydrogens (tertiary/aromatic N) is 4. The Morgan fingerprint density at radius 3 is 2.71 bits per heavy atom. The first-order chi connectivity index (χ1) is 20.2. The van der Waals surface area contributed by atoms with E-state index in [-0.39, 0.29) is 29.6 Å². The van der Waals surface area contributed by atoms with Crippen LogP contribution < -0.4 is 19.2 Å². The number of piperidine rings is 1. The maximum Gasteiger partial charge on any atom is 0.251 e. The average molecular weight is 615 g/mol. The van der Waals surface area contributed by atoms with Gasteiger partial charge in [-0.05, 0) is 61.7 Å². The van der Waals surface area contributed by atoms with Crippen LogP contribution in [0.3, 0.4) is 0 Å². The van der Waals surface area contributed by atoms with E-state index in [1.54, 1.807) is 36.7 Å². The molecule has 2 N–H and O–H groups in total. The van der Waals surface area contributed by atoms with Crippen molar-refractivity contribution in [2.24, 2.45) is 5.92 Å². The number of hydrogen-bond acceptors (Lipinski definition) is 9. The molecule has 0 spiro atoms. The molecule has 0 amide bonds. The second-order valence-corrected chi connectivity index (χ2v) is 12.8. The van der Waals surface area contributed by atoms with Crippen LogP contribution in [0.25, 0.3) is 22.0 Å². The van der Waals surface area contributed by atoms with Gasteiger partial charge in [0.25, 0.3) is 10.0 Å². The van der Waals surface area contributed by atoms with Gasteiger partial charge in [0.15, 0.2) is 0 Å². The third kappa shape index (κ3) is 6.41. The Bertz CT molecular complexity index is 1690. The molecule has 0 unspecified atom stereocenters. The van der Waals surface area contributed by atoms with E-state index in [1.807, 2.05) is 13.0 Å². The SMILES string of the molecule is COCCS(=O)(=O)N(Cl)c1c(F)ccc2c(Oc3ncccc3-c3ccnc(N[C@@H]4CNC[C@H](C)C4)n3)c(C)ccc12. The van der Waals surface area contributed by atoms with Crippen molar-refractivity contribution in [1.82, 2.24) is 20.3 Å². The third-order valence-electron chi connectivity index (χ3n) is 7.04. The van der Waals surface area contributed by atoms with Crippen LogP contribution in [0.1, 0.15) is 18.9 Å². The predicted molar refractivity (Wildman–Crippen MR) is 162 cm³/mol. The van der Waals surface area contributed by atoms with Crippen LogP contribution in [-0.2, 0) is 14.8 Å². The molecule has 1 saturated heterocycles. The fraction of sp³-hybridized carbons (Fsp3) is 0.345. The fourth-order valence-corrected chi connectivity index (χ4v) is 6.34. The first-order valence-corrected chi connectivity index (χ1v) is 15.5. The fourth-order valence-electron chi connectivity index (χ4n) is 4.96. The molecule has 1 fully saturated rings. The monoisotopic (exact) mass is 614 g/mol. The lowest BCUT2D eigenvalue weighted by Gasteiger charge is -2.28. The van der Waals surface area contributed by atoms with Crippen LogP contribution in [0.4, 0.5) is 16.0 Å². The van der Waals surface area contributed by atoms with Gasteiger partial charge in [0.1, 0.15) is 17.3 Å². The van der Waals surface area contributed by atoms with Gasteiger partial charge in [-0.3, -0.25) is 0 Å². The number of anilines is 2. The van der Waals surface area contributed by atoms with Gasteiger partial charge in [-0.1, -0.05) is 19.1 Å². The van der Waals surface area contributed by atoms with Gasteiger partial charge in [0.2, 0.25) is 11.8 Å². The number of hydrogen-bond donors (Lipinski definition) is 2. The van der Waals surface area contributed by atoms with Crippen molar-refractivity contribution in [3.63, 3.8) is 0 Å². The Balaban J connectivity index is 1.51. The van der Waals surface area contributed by atoms with E-state index in [0.717, 1.165) is 31.1 Å². The van der Waals surface area contributed by atoms with E-state index >= 15 is 4.39 Å². The summed E-state index contributed by atoms with van der Waals surface area (Å²) in [4.78, 5) is 13.6. The number of rotatable bonds is 10. The van der Waals surface area contributed by atoms with E-state index in [2.05, 4.69) is 27.5 Å². The lowest BCUT2D eigenvalue weighted by atomic mass is 9.98. The number of pyridine rings is 1. The summed E-state index contributed by atoms with van der Waals surface area (Å²) in [5.41, 5.74) is 1.66. The van der Waals surface area contributed by atoms with Crippen LogP contribution in [0.15, 0.2) is 54.9 Å². The van der Waals surface area contributed by atoms with E-state index in [9.17, 15) is 8.42 Å². The summed E-state index contributed by atoms with van der Waals surface area (Å²) in [5, 5.41) is 7.55. The standard InChI is InChI=1S/C29H32ClFN6O4S/c1-18-15-20(17-32-16-18)35-29-34-12-10-25(36-29)23-5-4-11-33-28(23)41-27-19(2)6-7-21-22(27)8-9-24(31)26(21)37(30)42(38,39)14-13-40-3/h4-12,18,20,32H,13-17H2,1-3H3,(H,34,35,36)/t18-,20+/m1/s1. The quantitative estimate of drug-likeness (QED) is 0.230. The molecule has 0 aliphatic carbocycles. The smallest absolute Gasteiger partial charge is 0.251 e. The van der Waals surface area contributed by atoms with E-state index < -0.39 is 21.6 Å². The molecule has 0 saturated carbocycles. The second-order valence-electron chi connectivity index (χ2n) is 10.3. The Labute approximate surface area is 249 Å². The van der Waals surface area contributed by atoms with E-state index in [1.165, 1.54) is 13.2 Å². The minimum atomic E-state index is -4.08. The number of methoxy groups -OCH3 is 1. The van der Waals surface area contributed by atoms with Crippen molar-refractivity contribution < 1.29 is 22.3 Å². The lowest BCUT2D eigenvalue weighted by Crippen LogP contribution is -2.42. The first kappa shape index (κ1) is 29.9. The molecule has 1 aliphatic rings. The van der Waals surface area contributed by atoms with Gasteiger partial charge in [-0.2, -0.15) is 3.82 Å². The average Bonchev–Trinajstić information content (AvgIpc) is 2.97. The number of nitrogens with one attached hydrogen (secondary N) is 2. The third-order valence-corrected chi connectivity index (χ3v) is 9.19. The number of halogens is 2. The number of aryl methyl sites for hydroxylation is 1. The maximum atomic E-state index is 15.1. The molecular formula is C29H32ClFN6O4S. The molecular weight excluding hydrogens is 583 g/mol. The number of sulfonamides is 1. The van der Waals surface area contributed by atoms with Crippen molar-refractivity contribution in [3.05, 3.63) is 66.2 Å². The summed E-state index contributed by atoms with van der Waals surface area (Å²) in [7, 11) is -2.70. The molecule has 0 radical (unpaired) electrons. The highest BCUT2D eigenvalue weighted by molar-refractivity contribution is 7.94. The largest absolute Gasteiger partial charge is 0.437 e. The Morgan fingerprint density at radius 2 is 1.93 bits per heavy atom. The highest BCUT2D eigenvalue weighted by Crippen LogP contribution is 2.41. The molecule has 5 rings (SSSR count). The zero-order chi connectivity index (χ0) is 29.9. The molecule has 10 nitrogen and oxygen atoms in total. The van der Waals surface area contributed by atoms with Gasteiger partial charge in [0, 0.05) is 54.6 Å².